The molecule has 36 heavy (non-hydrogen) atoms. The maximum Gasteiger partial charge on any atom is 0.244 e. The Morgan fingerprint density at radius 2 is 1.86 bits per heavy atom. The summed E-state index contributed by atoms with van der Waals surface area (Å²) in [6, 6.07) is 18.6. The van der Waals surface area contributed by atoms with Crippen LogP contribution in [-0.4, -0.2) is 57.3 Å². The Kier molecular flexibility index (Phi) is 7.35. The van der Waals surface area contributed by atoms with Crippen LogP contribution in [0.1, 0.15) is 18.9 Å². The summed E-state index contributed by atoms with van der Waals surface area (Å²) in [6.07, 6.45) is 4.36. The number of benzene rings is 3. The molecule has 0 unspecified atom stereocenters. The molecule has 186 valence electrons. The highest BCUT2D eigenvalue weighted by atomic mass is 16.5. The quantitative estimate of drug-likeness (QED) is 0.264. The van der Waals surface area contributed by atoms with Crippen molar-refractivity contribution >= 4 is 33.2 Å². The second kappa shape index (κ2) is 11.0. The monoisotopic (exact) mass is 484 g/mol. The number of carbonyl (C=O) groups is 1. The van der Waals surface area contributed by atoms with Gasteiger partial charge in [-0.25, -0.2) is 0 Å². The minimum absolute atomic E-state index is 0.0990. The molecule has 3 aromatic carbocycles. The second-order valence-electron chi connectivity index (χ2n) is 9.15. The Labute approximate surface area is 211 Å². The highest BCUT2D eigenvalue weighted by Gasteiger charge is 2.16. The summed E-state index contributed by atoms with van der Waals surface area (Å²) in [6.45, 7) is 7.05. The number of fused-ring (bicyclic) bond motifs is 2. The first-order valence-corrected chi connectivity index (χ1v) is 12.5. The lowest BCUT2D eigenvalue weighted by Crippen LogP contribution is -2.38. The van der Waals surface area contributed by atoms with Gasteiger partial charge in [0.1, 0.15) is 11.3 Å². The van der Waals surface area contributed by atoms with Crippen molar-refractivity contribution in [2.24, 2.45) is 0 Å². The molecule has 0 saturated carbocycles. The molecule has 0 radical (unpaired) electrons. The van der Waals surface area contributed by atoms with E-state index in [4.69, 9.17) is 13.9 Å². The molecule has 1 amide bonds. The molecule has 4 aromatic rings. The van der Waals surface area contributed by atoms with Gasteiger partial charge >= 0.3 is 0 Å². The first-order chi connectivity index (χ1) is 17.6. The van der Waals surface area contributed by atoms with Gasteiger partial charge in [0.25, 0.3) is 0 Å². The average molecular weight is 485 g/mol. The van der Waals surface area contributed by atoms with Gasteiger partial charge in [0.15, 0.2) is 0 Å². The predicted octanol–water partition coefficient (Wildman–Crippen LogP) is 5.50. The molecule has 1 aromatic heterocycles. The SMILES string of the molecule is COc1cc2occ(-c3cccc4ccccc34)c2cc1/C(C)=C/C(=O)NCCCN1CCOCC1. The maximum atomic E-state index is 12.6. The van der Waals surface area contributed by atoms with Crippen LogP contribution in [0.5, 0.6) is 5.75 Å². The van der Waals surface area contributed by atoms with Gasteiger partial charge in [0.2, 0.25) is 5.91 Å². The number of furan rings is 1. The average Bonchev–Trinajstić information content (AvgIpc) is 3.33. The molecule has 0 bridgehead atoms. The van der Waals surface area contributed by atoms with E-state index >= 15 is 0 Å². The molecule has 1 aliphatic heterocycles. The van der Waals surface area contributed by atoms with Crippen molar-refractivity contribution in [1.82, 2.24) is 10.2 Å². The number of nitrogens with one attached hydrogen (secondary N) is 1. The summed E-state index contributed by atoms with van der Waals surface area (Å²) in [7, 11) is 1.64. The van der Waals surface area contributed by atoms with Crippen LogP contribution in [0.15, 0.2) is 71.4 Å². The van der Waals surface area contributed by atoms with Gasteiger partial charge in [-0.05, 0) is 47.9 Å². The van der Waals surface area contributed by atoms with Crippen molar-refractivity contribution < 1.29 is 18.7 Å². The van der Waals surface area contributed by atoms with E-state index in [1.807, 2.05) is 19.1 Å². The fourth-order valence-electron chi connectivity index (χ4n) is 4.87. The molecule has 6 heteroatoms. The highest BCUT2D eigenvalue weighted by Crippen LogP contribution is 2.39. The summed E-state index contributed by atoms with van der Waals surface area (Å²) in [5.74, 6) is 0.577. The second-order valence-corrected chi connectivity index (χ2v) is 9.15. The number of ether oxygens (including phenoxy) is 2. The van der Waals surface area contributed by atoms with E-state index in [-0.39, 0.29) is 5.91 Å². The molecule has 0 atom stereocenters. The van der Waals surface area contributed by atoms with Crippen molar-refractivity contribution in [3.8, 4) is 16.9 Å². The molecule has 0 aliphatic carbocycles. The Morgan fingerprint density at radius 3 is 2.69 bits per heavy atom. The molecule has 2 heterocycles. The molecule has 0 spiro atoms. The fourth-order valence-corrected chi connectivity index (χ4v) is 4.87. The largest absolute Gasteiger partial charge is 0.496 e. The van der Waals surface area contributed by atoms with E-state index in [1.165, 1.54) is 10.8 Å². The van der Waals surface area contributed by atoms with Gasteiger partial charge in [-0.1, -0.05) is 42.5 Å². The Hall–Kier alpha value is -3.61. The Balaban J connectivity index is 1.37. The zero-order valence-corrected chi connectivity index (χ0v) is 20.9. The van der Waals surface area contributed by atoms with Crippen LogP contribution in [0.2, 0.25) is 0 Å². The van der Waals surface area contributed by atoms with Crippen LogP contribution >= 0.6 is 0 Å². The fraction of sp³-hybridized carbons (Fsp3) is 0.300. The van der Waals surface area contributed by atoms with E-state index < -0.39 is 0 Å². The van der Waals surface area contributed by atoms with Gasteiger partial charge < -0.3 is 19.2 Å². The van der Waals surface area contributed by atoms with Crippen molar-refractivity contribution in [3.05, 3.63) is 72.5 Å². The topological polar surface area (TPSA) is 63.9 Å². The maximum absolute atomic E-state index is 12.6. The smallest absolute Gasteiger partial charge is 0.244 e. The van der Waals surface area contributed by atoms with E-state index in [2.05, 4.69) is 52.7 Å². The summed E-state index contributed by atoms with van der Waals surface area (Å²) >= 11 is 0. The lowest BCUT2D eigenvalue weighted by Gasteiger charge is -2.26. The third kappa shape index (κ3) is 5.15. The third-order valence-corrected chi connectivity index (χ3v) is 6.80. The number of hydrogen-bond acceptors (Lipinski definition) is 5. The van der Waals surface area contributed by atoms with Gasteiger partial charge in [0.05, 0.1) is 26.6 Å². The number of methoxy groups -OCH3 is 1. The molecular formula is C30H32N2O4. The van der Waals surface area contributed by atoms with Gasteiger partial charge in [0, 0.05) is 48.3 Å². The number of amides is 1. The molecule has 1 saturated heterocycles. The van der Waals surface area contributed by atoms with E-state index in [0.29, 0.717) is 12.3 Å². The summed E-state index contributed by atoms with van der Waals surface area (Å²) < 4.78 is 17.0. The lowest BCUT2D eigenvalue weighted by molar-refractivity contribution is -0.116. The number of nitrogens with zero attached hydrogens (tertiary/aromatic N) is 1. The molecule has 5 rings (SSSR count). The molecular weight excluding hydrogens is 452 g/mol. The van der Waals surface area contributed by atoms with Crippen LogP contribution in [0.25, 0.3) is 38.4 Å². The number of hydrogen-bond donors (Lipinski definition) is 1. The number of carbonyl (C=O) groups excluding carboxylic acids is 1. The highest BCUT2D eigenvalue weighted by molar-refractivity contribution is 6.06. The van der Waals surface area contributed by atoms with Crippen LogP contribution in [0.3, 0.4) is 0 Å². The van der Waals surface area contributed by atoms with Gasteiger partial charge in [-0.2, -0.15) is 0 Å². The Morgan fingerprint density at radius 1 is 1.06 bits per heavy atom. The van der Waals surface area contributed by atoms with Crippen LogP contribution < -0.4 is 10.1 Å². The van der Waals surface area contributed by atoms with E-state index in [1.54, 1.807) is 19.4 Å². The van der Waals surface area contributed by atoms with Crippen molar-refractivity contribution in [3.63, 3.8) is 0 Å². The van der Waals surface area contributed by atoms with Crippen LogP contribution in [0, 0.1) is 0 Å². The number of morpholine rings is 1. The summed E-state index contributed by atoms with van der Waals surface area (Å²) in [5.41, 5.74) is 4.59. The summed E-state index contributed by atoms with van der Waals surface area (Å²) in [5, 5.41) is 6.35. The Bertz CT molecular complexity index is 1390. The van der Waals surface area contributed by atoms with Crippen LogP contribution in [-0.2, 0) is 9.53 Å². The van der Waals surface area contributed by atoms with Crippen molar-refractivity contribution in [2.75, 3.05) is 46.5 Å². The molecule has 6 nitrogen and oxygen atoms in total. The van der Waals surface area contributed by atoms with Gasteiger partial charge in [-0.3, -0.25) is 9.69 Å². The minimum Gasteiger partial charge on any atom is -0.496 e. The van der Waals surface area contributed by atoms with Crippen molar-refractivity contribution in [1.29, 1.82) is 0 Å². The number of rotatable bonds is 8. The molecule has 1 N–H and O–H groups in total. The lowest BCUT2D eigenvalue weighted by atomic mass is 9.96. The third-order valence-electron chi connectivity index (χ3n) is 6.80. The first-order valence-electron chi connectivity index (χ1n) is 12.5. The minimum atomic E-state index is -0.0990. The molecule has 1 fully saturated rings. The van der Waals surface area contributed by atoms with E-state index in [9.17, 15) is 4.79 Å². The zero-order chi connectivity index (χ0) is 24.9. The van der Waals surface area contributed by atoms with E-state index in [0.717, 1.165) is 72.5 Å². The standard InChI is InChI=1S/C30H32N2O4/c1-21(17-30(33)31-11-6-12-32-13-15-35-16-14-32)25-18-26-27(20-36-29(26)19-28(25)34-2)24-10-5-8-22-7-3-4-9-23(22)24/h3-5,7-10,17-20H,6,11-16H2,1-2H3,(H,31,33)/b21-17+. The predicted molar refractivity (Wildman–Crippen MR) is 144 cm³/mol. The van der Waals surface area contributed by atoms with Gasteiger partial charge in [-0.15, -0.1) is 0 Å². The summed E-state index contributed by atoms with van der Waals surface area (Å²) in [4.78, 5) is 15.0. The van der Waals surface area contributed by atoms with Crippen LogP contribution in [0.4, 0.5) is 0 Å². The first kappa shape index (κ1) is 24.1. The zero-order valence-electron chi connectivity index (χ0n) is 20.9. The number of allylic oxidation sites excluding steroid dienone is 1. The normalized spacial score (nSPS) is 14.9. The van der Waals surface area contributed by atoms with Crippen molar-refractivity contribution in [2.45, 2.75) is 13.3 Å². The molecule has 1 aliphatic rings.